The summed E-state index contributed by atoms with van der Waals surface area (Å²) in [5.41, 5.74) is 1.79. The minimum absolute atomic E-state index is 0. The van der Waals surface area contributed by atoms with Gasteiger partial charge in [0.05, 0.1) is 12.7 Å². The zero-order valence-electron chi connectivity index (χ0n) is 13.6. The van der Waals surface area contributed by atoms with Crippen molar-refractivity contribution in [1.29, 1.82) is 0 Å². The fourth-order valence-electron chi connectivity index (χ4n) is 3.05. The summed E-state index contributed by atoms with van der Waals surface area (Å²) >= 11 is 0. The number of hydrogen-bond donors (Lipinski definition) is 2. The van der Waals surface area contributed by atoms with Crippen LogP contribution < -0.4 is 10.1 Å². The van der Waals surface area contributed by atoms with Crippen molar-refractivity contribution in [2.45, 2.75) is 18.9 Å². The molecule has 1 aromatic carbocycles. The van der Waals surface area contributed by atoms with E-state index in [1.54, 1.807) is 19.2 Å². The first-order valence-corrected chi connectivity index (χ1v) is 7.74. The molecule has 0 saturated carbocycles. The maximum Gasteiger partial charge on any atom is 0.255 e. The van der Waals surface area contributed by atoms with Gasteiger partial charge in [0.2, 0.25) is 0 Å². The van der Waals surface area contributed by atoms with Gasteiger partial charge in [-0.2, -0.15) is 15.4 Å². The molecule has 0 unspecified atom stereocenters. The number of fused-ring (bicyclic) bond motifs is 1. The van der Waals surface area contributed by atoms with Crippen molar-refractivity contribution < 1.29 is 9.53 Å². The Bertz CT molecular complexity index is 718. The Morgan fingerprint density at radius 3 is 2.96 bits per heavy atom. The van der Waals surface area contributed by atoms with E-state index in [1.807, 2.05) is 6.08 Å². The van der Waals surface area contributed by atoms with Crippen LogP contribution in [0, 0.1) is 0 Å². The molecular formula is C16H22ClN5O2. The van der Waals surface area contributed by atoms with Gasteiger partial charge in [0.1, 0.15) is 16.8 Å². The van der Waals surface area contributed by atoms with Crippen molar-refractivity contribution in [3.05, 3.63) is 30.4 Å². The Kier molecular flexibility index (Phi) is 6.16. The van der Waals surface area contributed by atoms with Crippen LogP contribution in [-0.2, 0) is 0 Å². The fourth-order valence-corrected chi connectivity index (χ4v) is 3.05. The van der Waals surface area contributed by atoms with Crippen LogP contribution >= 0.6 is 12.4 Å². The molecule has 3 rings (SSSR count). The van der Waals surface area contributed by atoms with Gasteiger partial charge in [0.15, 0.2) is 0 Å². The Morgan fingerprint density at radius 1 is 1.50 bits per heavy atom. The van der Waals surface area contributed by atoms with Gasteiger partial charge in [0, 0.05) is 25.2 Å². The lowest BCUT2D eigenvalue weighted by Gasteiger charge is -2.23. The van der Waals surface area contributed by atoms with Gasteiger partial charge in [-0.15, -0.1) is 19.0 Å². The minimum atomic E-state index is -0.155. The zero-order valence-corrected chi connectivity index (χ0v) is 14.4. The van der Waals surface area contributed by atoms with Crippen LogP contribution in [0.25, 0.3) is 11.0 Å². The van der Waals surface area contributed by atoms with Crippen LogP contribution in [-0.4, -0.2) is 59.0 Å². The Morgan fingerprint density at radius 2 is 2.25 bits per heavy atom. The van der Waals surface area contributed by atoms with Crippen LogP contribution in [0.15, 0.2) is 24.8 Å². The second-order valence-electron chi connectivity index (χ2n) is 5.65. The first-order valence-electron chi connectivity index (χ1n) is 7.74. The SMILES string of the molecule is C=CCN1CCC[C@H]1CNC(=O)c1cc2n[nH]nc2cc1OC.Cl. The van der Waals surface area contributed by atoms with Crippen molar-refractivity contribution in [3.8, 4) is 5.75 Å². The highest BCUT2D eigenvalue weighted by molar-refractivity contribution is 6.00. The molecule has 1 saturated heterocycles. The third-order valence-corrected chi connectivity index (χ3v) is 4.24. The molecule has 0 bridgehead atoms. The third kappa shape index (κ3) is 3.68. The van der Waals surface area contributed by atoms with Gasteiger partial charge in [0.25, 0.3) is 5.91 Å². The monoisotopic (exact) mass is 351 g/mol. The standard InChI is InChI=1S/C16H21N5O2.ClH/c1-3-6-21-7-4-5-11(21)10-17-16(22)12-8-13-14(19-20-18-13)9-15(12)23-2;/h3,8-9,11H,1,4-7,10H2,2H3,(H,17,22)(H,18,19,20);1H/t11-;/m0./s1. The second kappa shape index (κ2) is 8.12. The number of aromatic amines is 1. The van der Waals surface area contributed by atoms with Crippen LogP contribution in [0.4, 0.5) is 0 Å². The summed E-state index contributed by atoms with van der Waals surface area (Å²) in [7, 11) is 1.54. The number of rotatable bonds is 6. The van der Waals surface area contributed by atoms with E-state index in [2.05, 4.69) is 32.2 Å². The molecule has 0 spiro atoms. The van der Waals surface area contributed by atoms with E-state index in [-0.39, 0.29) is 18.3 Å². The average Bonchev–Trinajstić information content (AvgIpc) is 3.20. The van der Waals surface area contributed by atoms with E-state index in [9.17, 15) is 4.79 Å². The van der Waals surface area contributed by atoms with Crippen molar-refractivity contribution in [2.24, 2.45) is 0 Å². The summed E-state index contributed by atoms with van der Waals surface area (Å²) in [4.78, 5) is 14.9. The molecule has 1 aliphatic heterocycles. The number of halogens is 1. The van der Waals surface area contributed by atoms with E-state index in [1.165, 1.54) is 0 Å². The lowest BCUT2D eigenvalue weighted by atomic mass is 10.1. The number of methoxy groups -OCH3 is 1. The highest BCUT2D eigenvalue weighted by Crippen LogP contribution is 2.23. The molecule has 2 heterocycles. The van der Waals surface area contributed by atoms with Crippen LogP contribution in [0.5, 0.6) is 5.75 Å². The van der Waals surface area contributed by atoms with E-state index in [0.717, 1.165) is 25.9 Å². The molecule has 1 atom stereocenters. The number of aromatic nitrogens is 3. The first kappa shape index (κ1) is 18.2. The van der Waals surface area contributed by atoms with E-state index >= 15 is 0 Å². The summed E-state index contributed by atoms with van der Waals surface area (Å²) in [6.45, 7) is 6.32. The zero-order chi connectivity index (χ0) is 16.2. The number of hydrogen-bond acceptors (Lipinski definition) is 5. The number of ether oxygens (including phenoxy) is 1. The molecule has 0 aliphatic carbocycles. The molecule has 2 N–H and O–H groups in total. The highest BCUT2D eigenvalue weighted by Gasteiger charge is 2.24. The molecule has 2 aromatic rings. The predicted octanol–water partition coefficient (Wildman–Crippen LogP) is 1.77. The summed E-state index contributed by atoms with van der Waals surface area (Å²) in [5, 5.41) is 13.6. The van der Waals surface area contributed by atoms with Gasteiger partial charge in [-0.1, -0.05) is 6.08 Å². The first-order chi connectivity index (χ1) is 11.2. The van der Waals surface area contributed by atoms with Crippen LogP contribution in [0.3, 0.4) is 0 Å². The maximum atomic E-state index is 12.5. The number of carbonyl (C=O) groups excluding carboxylic acids is 1. The molecule has 24 heavy (non-hydrogen) atoms. The summed E-state index contributed by atoms with van der Waals surface area (Å²) in [6, 6.07) is 3.77. The highest BCUT2D eigenvalue weighted by atomic mass is 35.5. The Labute approximate surface area is 146 Å². The minimum Gasteiger partial charge on any atom is -0.496 e. The fraction of sp³-hybridized carbons (Fsp3) is 0.438. The largest absolute Gasteiger partial charge is 0.496 e. The molecule has 1 amide bonds. The molecule has 130 valence electrons. The molecule has 1 aromatic heterocycles. The summed E-state index contributed by atoms with van der Waals surface area (Å²) in [6.07, 6.45) is 4.15. The van der Waals surface area contributed by atoms with E-state index in [4.69, 9.17) is 4.74 Å². The van der Waals surface area contributed by atoms with Gasteiger partial charge in [-0.25, -0.2) is 0 Å². The number of likely N-dealkylation sites (tertiary alicyclic amines) is 1. The normalized spacial score (nSPS) is 17.5. The van der Waals surface area contributed by atoms with Crippen molar-refractivity contribution >= 4 is 29.3 Å². The van der Waals surface area contributed by atoms with Crippen molar-refractivity contribution in [2.75, 3.05) is 26.7 Å². The van der Waals surface area contributed by atoms with Crippen LogP contribution in [0.2, 0.25) is 0 Å². The quantitative estimate of drug-likeness (QED) is 0.775. The summed E-state index contributed by atoms with van der Waals surface area (Å²) < 4.78 is 5.31. The molecule has 1 aliphatic rings. The lowest BCUT2D eigenvalue weighted by molar-refractivity contribution is 0.0939. The number of H-pyrrole nitrogens is 1. The van der Waals surface area contributed by atoms with Gasteiger partial charge < -0.3 is 10.1 Å². The topological polar surface area (TPSA) is 83.1 Å². The third-order valence-electron chi connectivity index (χ3n) is 4.24. The number of nitrogens with one attached hydrogen (secondary N) is 2. The van der Waals surface area contributed by atoms with Gasteiger partial charge in [-0.3, -0.25) is 9.69 Å². The van der Waals surface area contributed by atoms with Gasteiger partial charge in [-0.05, 0) is 25.5 Å². The molecule has 7 nitrogen and oxygen atoms in total. The van der Waals surface area contributed by atoms with Crippen molar-refractivity contribution in [3.63, 3.8) is 0 Å². The molecule has 1 fully saturated rings. The number of nitrogens with zero attached hydrogens (tertiary/aromatic N) is 3. The number of benzene rings is 1. The molecule has 8 heteroatoms. The molecule has 0 radical (unpaired) electrons. The number of amides is 1. The predicted molar refractivity (Wildman–Crippen MR) is 94.8 cm³/mol. The smallest absolute Gasteiger partial charge is 0.255 e. The Hall–Kier alpha value is -2.12. The van der Waals surface area contributed by atoms with Crippen molar-refractivity contribution in [1.82, 2.24) is 25.6 Å². The van der Waals surface area contributed by atoms with Crippen LogP contribution in [0.1, 0.15) is 23.2 Å². The summed E-state index contributed by atoms with van der Waals surface area (Å²) in [5.74, 6) is 0.343. The van der Waals surface area contributed by atoms with E-state index < -0.39 is 0 Å². The van der Waals surface area contributed by atoms with Gasteiger partial charge >= 0.3 is 0 Å². The number of carbonyl (C=O) groups is 1. The maximum absolute atomic E-state index is 12.5. The molecular weight excluding hydrogens is 330 g/mol. The average molecular weight is 352 g/mol. The Balaban J connectivity index is 0.00000208. The lowest BCUT2D eigenvalue weighted by Crippen LogP contribution is -2.40. The second-order valence-corrected chi connectivity index (χ2v) is 5.65. The van der Waals surface area contributed by atoms with E-state index in [0.29, 0.717) is 34.9 Å².